The number of rotatable bonds is 16. The smallest absolute Gasteiger partial charge is 0.307 e. The summed E-state index contributed by atoms with van der Waals surface area (Å²) in [6.45, 7) is 0. The van der Waals surface area contributed by atoms with Gasteiger partial charge < -0.3 is 29.5 Å². The molecule has 0 saturated heterocycles. The maximum Gasteiger partial charge on any atom is 0.307 e. The number of likely N-dealkylation sites (N-methyl/N-ethyl adjacent to an activating group) is 1. The highest BCUT2D eigenvalue weighted by Crippen LogP contribution is 2.67. The molecule has 2 heterocycles. The van der Waals surface area contributed by atoms with E-state index in [4.69, 9.17) is 8.83 Å². The average molecular weight is 1090 g/mol. The first-order chi connectivity index (χ1) is 38.2. The van der Waals surface area contributed by atoms with Crippen molar-refractivity contribution in [3.05, 3.63) is 166 Å². The fraction of sp³-hybridized carbons (Fsp3) is 0.281. The minimum Gasteiger partial charge on any atom is -0.481 e. The molecule has 12 nitrogen and oxygen atoms in total. The van der Waals surface area contributed by atoms with Crippen LogP contribution in [-0.2, 0) is 22.4 Å². The zero-order valence-corrected chi connectivity index (χ0v) is 44.3. The van der Waals surface area contributed by atoms with E-state index in [-0.39, 0.29) is 80.5 Å². The van der Waals surface area contributed by atoms with Gasteiger partial charge in [-0.05, 0) is 192 Å². The summed E-state index contributed by atoms with van der Waals surface area (Å²) in [7, 11) is 6.29. The van der Waals surface area contributed by atoms with Crippen LogP contribution in [0.25, 0.3) is 66.8 Å². The number of halogens is 4. The normalized spacial score (nSPS) is 19.1. The molecule has 14 rings (SSSR count). The Bertz CT molecular complexity index is 3860. The largest absolute Gasteiger partial charge is 0.481 e. The van der Waals surface area contributed by atoms with E-state index in [9.17, 15) is 51.4 Å². The highest BCUT2D eigenvalue weighted by atomic mass is 19.1. The SMILES string of the molecule is CNC(=O)c1c(-c2ccc(F)cc2)oc2cc(CC(=O)N(C)C)c(-c3ccc(F)c(C(=O)CC45CC(C4)C5)c3)cc12.CNC(=O)c1c(-c2ccc(F)cc2)oc2cc(CC(=O)O)c(-c3ccc(F)c(C(=O)CC45CC(C4)C5)c3)cc12. The summed E-state index contributed by atoms with van der Waals surface area (Å²) in [6, 6.07) is 26.3. The molecular weight excluding hydrogens is 1030 g/mol. The number of carbonyl (C=O) groups is 6. The monoisotopic (exact) mass is 1090 g/mol. The average Bonchev–Trinajstić information content (AvgIpc) is 3.96. The van der Waals surface area contributed by atoms with Gasteiger partial charge in [0, 0.05) is 62.9 Å². The summed E-state index contributed by atoms with van der Waals surface area (Å²) in [5.74, 6) is -2.77. The minimum atomic E-state index is -1.09. The van der Waals surface area contributed by atoms with E-state index < -0.39 is 41.1 Å². The van der Waals surface area contributed by atoms with Crippen LogP contribution in [0.2, 0.25) is 0 Å². The number of aliphatic carboxylic acids is 1. The molecule has 0 spiro atoms. The molecule has 0 radical (unpaired) electrons. The van der Waals surface area contributed by atoms with E-state index in [0.717, 1.165) is 38.5 Å². The van der Waals surface area contributed by atoms with Gasteiger partial charge in [-0.1, -0.05) is 12.1 Å². The molecule has 6 fully saturated rings. The van der Waals surface area contributed by atoms with Crippen LogP contribution in [0.1, 0.15) is 104 Å². The molecule has 3 amide bonds. The van der Waals surface area contributed by atoms with Crippen molar-refractivity contribution in [2.24, 2.45) is 22.7 Å². The molecule has 3 N–H and O–H groups in total. The molecule has 408 valence electrons. The van der Waals surface area contributed by atoms with Gasteiger partial charge in [-0.3, -0.25) is 28.8 Å². The summed E-state index contributed by atoms with van der Waals surface area (Å²) < 4.78 is 69.2. The quantitative estimate of drug-likeness (QED) is 0.0628. The Hall–Kier alpha value is -8.66. The van der Waals surface area contributed by atoms with Crippen LogP contribution < -0.4 is 10.6 Å². The molecule has 16 heteroatoms. The molecule has 0 atom stereocenters. The number of carboxylic acid groups (broad SMARTS) is 1. The number of hydrogen-bond donors (Lipinski definition) is 3. The minimum absolute atomic E-state index is 0.00748. The van der Waals surface area contributed by atoms with Crippen molar-refractivity contribution in [1.82, 2.24) is 15.5 Å². The van der Waals surface area contributed by atoms with Gasteiger partial charge in [0.2, 0.25) is 5.91 Å². The molecule has 2 aromatic heterocycles. The number of hydrogen-bond acceptors (Lipinski definition) is 8. The van der Waals surface area contributed by atoms with Crippen molar-refractivity contribution in [2.45, 2.75) is 64.2 Å². The van der Waals surface area contributed by atoms with Crippen LogP contribution in [0.3, 0.4) is 0 Å². The topological polar surface area (TPSA) is 176 Å². The Balaban J connectivity index is 0.000000169. The van der Waals surface area contributed by atoms with Crippen LogP contribution in [0.15, 0.2) is 118 Å². The molecule has 6 aromatic carbocycles. The van der Waals surface area contributed by atoms with Gasteiger partial charge in [0.1, 0.15) is 46.0 Å². The highest BCUT2D eigenvalue weighted by Gasteiger charge is 2.58. The number of nitrogens with one attached hydrogen (secondary N) is 2. The van der Waals surface area contributed by atoms with Crippen molar-refractivity contribution in [3.63, 3.8) is 0 Å². The maximum absolute atomic E-state index is 15.0. The van der Waals surface area contributed by atoms with Crippen LogP contribution in [0, 0.1) is 45.9 Å². The Labute approximate surface area is 457 Å². The first-order valence-electron chi connectivity index (χ1n) is 26.5. The van der Waals surface area contributed by atoms with Crippen LogP contribution in [0.5, 0.6) is 0 Å². The summed E-state index contributed by atoms with van der Waals surface area (Å²) in [4.78, 5) is 78.5. The third kappa shape index (κ3) is 9.85. The Morgan fingerprint density at radius 1 is 0.537 bits per heavy atom. The van der Waals surface area contributed by atoms with Crippen LogP contribution >= 0.6 is 0 Å². The summed E-state index contributed by atoms with van der Waals surface area (Å²) in [6.07, 6.45) is 6.43. The van der Waals surface area contributed by atoms with Crippen molar-refractivity contribution in [1.29, 1.82) is 0 Å². The van der Waals surface area contributed by atoms with E-state index in [1.54, 1.807) is 50.5 Å². The van der Waals surface area contributed by atoms with Gasteiger partial charge >= 0.3 is 5.97 Å². The first kappa shape index (κ1) is 53.3. The molecule has 8 aromatic rings. The van der Waals surface area contributed by atoms with Gasteiger partial charge in [0.25, 0.3) is 11.8 Å². The van der Waals surface area contributed by atoms with E-state index in [1.165, 1.54) is 91.8 Å². The number of ketones is 2. The van der Waals surface area contributed by atoms with Gasteiger partial charge in [-0.25, -0.2) is 17.6 Å². The molecule has 0 aliphatic heterocycles. The number of nitrogens with zero attached hydrogens (tertiary/aromatic N) is 1. The van der Waals surface area contributed by atoms with Crippen LogP contribution in [0.4, 0.5) is 17.6 Å². The standard InChI is InChI=1S/C33H30F2N2O4.C31H25F2NO5/c1-36-32(40)30-25-13-23(20-6-9-26(35)24(10-20)27(38)17-33-14-18(15-33)16-33)21(12-29(39)37(2)3)11-28(25)41-31(30)19-4-7-22(34)8-5-19;1-34-30(38)28-23-11-21(18-4-7-24(33)22(8-18)25(35)15-31-12-16(13-31)14-31)19(10-27(36)37)9-26(23)39-29(28)17-2-5-20(32)6-3-17/h4-11,13,18H,12,14-17H2,1-3H3,(H,36,40);2-9,11,16H,10,12-15H2,1H3,(H,34,38)(H,36,37). The van der Waals surface area contributed by atoms with Crippen molar-refractivity contribution < 1.29 is 60.3 Å². The maximum atomic E-state index is 15.0. The van der Waals surface area contributed by atoms with Gasteiger partial charge in [0.05, 0.1) is 35.1 Å². The summed E-state index contributed by atoms with van der Waals surface area (Å²) in [5.41, 5.74) is 5.15. The zero-order valence-electron chi connectivity index (χ0n) is 44.3. The molecule has 80 heavy (non-hydrogen) atoms. The second-order valence-corrected chi connectivity index (χ2v) is 22.4. The number of amides is 3. The second-order valence-electron chi connectivity index (χ2n) is 22.4. The molecule has 6 aliphatic rings. The zero-order chi connectivity index (χ0) is 56.5. The Morgan fingerprint density at radius 2 is 0.912 bits per heavy atom. The van der Waals surface area contributed by atoms with Gasteiger partial charge in [-0.2, -0.15) is 0 Å². The van der Waals surface area contributed by atoms with Crippen LogP contribution in [-0.4, -0.2) is 73.5 Å². The number of benzene rings is 6. The predicted molar refractivity (Wildman–Crippen MR) is 292 cm³/mol. The van der Waals surface area contributed by atoms with Gasteiger partial charge in [-0.15, -0.1) is 0 Å². The number of Topliss-reactive ketones (excluding diaryl/α,β-unsaturated/α-hetero) is 2. The van der Waals surface area contributed by atoms with Gasteiger partial charge in [0.15, 0.2) is 11.6 Å². The predicted octanol–water partition coefficient (Wildman–Crippen LogP) is 12.8. The lowest BCUT2D eigenvalue weighted by Crippen LogP contribution is -2.52. The molecule has 4 bridgehead atoms. The Morgan fingerprint density at radius 3 is 1.25 bits per heavy atom. The van der Waals surface area contributed by atoms with Crippen molar-refractivity contribution in [3.8, 4) is 44.9 Å². The lowest BCUT2D eigenvalue weighted by atomic mass is 9.43. The van der Waals surface area contributed by atoms with E-state index in [0.29, 0.717) is 85.5 Å². The molecule has 0 unspecified atom stereocenters. The first-order valence-corrected chi connectivity index (χ1v) is 26.5. The van der Waals surface area contributed by atoms with E-state index >= 15 is 0 Å². The summed E-state index contributed by atoms with van der Waals surface area (Å²) >= 11 is 0. The lowest BCUT2D eigenvalue weighted by Gasteiger charge is -2.62. The number of fused-ring (bicyclic) bond motifs is 2. The van der Waals surface area contributed by atoms with Crippen molar-refractivity contribution in [2.75, 3.05) is 28.2 Å². The molecular formula is C64H55F4N3O9. The number of carbonyl (C=O) groups excluding carboxylic acids is 5. The third-order valence-corrected chi connectivity index (χ3v) is 16.7. The highest BCUT2D eigenvalue weighted by molar-refractivity contribution is 6.13. The van der Waals surface area contributed by atoms with E-state index in [2.05, 4.69) is 10.6 Å². The molecule has 6 aliphatic carbocycles. The summed E-state index contributed by atoms with van der Waals surface area (Å²) in [5, 5.41) is 15.7. The number of furan rings is 2. The third-order valence-electron chi connectivity index (χ3n) is 16.7. The fourth-order valence-corrected chi connectivity index (χ4v) is 12.4. The van der Waals surface area contributed by atoms with E-state index in [1.807, 2.05) is 0 Å². The Kier molecular flexibility index (Phi) is 13.7. The second kappa shape index (κ2) is 20.5. The van der Waals surface area contributed by atoms with Crippen molar-refractivity contribution >= 4 is 57.2 Å². The fourth-order valence-electron chi connectivity index (χ4n) is 12.4. The lowest BCUT2D eigenvalue weighted by molar-refractivity contribution is -0.136. The number of carboxylic acids is 1. The molecule has 6 saturated carbocycles.